The molecule has 0 bridgehead atoms. The smallest absolute Gasteiger partial charge is 0.309 e. The Kier molecular flexibility index (Phi) is 32.1. The highest BCUT2D eigenvalue weighted by molar-refractivity contribution is 5.79. The van der Waals surface area contributed by atoms with Crippen LogP contribution in [0.2, 0.25) is 0 Å². The van der Waals surface area contributed by atoms with Crippen LogP contribution >= 0.6 is 0 Å². The zero-order chi connectivity index (χ0) is 30.1. The molecule has 1 unspecified atom stereocenters. The summed E-state index contributed by atoms with van der Waals surface area (Å²) in [5.74, 6) is -1.74. The van der Waals surface area contributed by atoms with E-state index in [-0.39, 0.29) is 12.4 Å². The third-order valence-electron chi connectivity index (χ3n) is 8.27. The fourth-order valence-corrected chi connectivity index (χ4v) is 5.59. The molecule has 4 nitrogen and oxygen atoms in total. The van der Waals surface area contributed by atoms with Gasteiger partial charge in [-0.05, 0) is 38.5 Å². The minimum atomic E-state index is -0.917. The number of esters is 1. The van der Waals surface area contributed by atoms with Crippen molar-refractivity contribution in [1.82, 2.24) is 0 Å². The normalized spacial score (nSPS) is 12.2. The highest BCUT2D eigenvalue weighted by Gasteiger charge is 2.22. The lowest BCUT2D eigenvalue weighted by atomic mass is 9.97. The number of carbonyl (C=O) groups excluding carboxylic acids is 1. The summed E-state index contributed by atoms with van der Waals surface area (Å²) in [7, 11) is 0. The number of hydrogen-bond acceptors (Lipinski definition) is 3. The predicted octanol–water partition coefficient (Wildman–Crippen LogP) is 12.1. The van der Waals surface area contributed by atoms with Gasteiger partial charge in [0, 0.05) is 0 Å². The number of allylic oxidation sites excluding steroid dienone is 2. The second-order valence-corrected chi connectivity index (χ2v) is 12.4. The molecular formula is C37H70O4. The number of carboxylic acids is 1. The first-order valence-electron chi connectivity index (χ1n) is 18.1. The average molecular weight is 579 g/mol. The standard InChI is InChI=1S/C37H70O4/c1-3-5-6-7-8-9-10-11-12-13-14-15-16-17-18-19-20-21-22-23-24-25-26-27-28-29-30-31-32-35(34-36(38)39)37(40)41-33-4-2/h20-21,35H,3-19,22-34H2,1-2H3,(H,38,39)/b21-20+. The van der Waals surface area contributed by atoms with Crippen LogP contribution in [0.3, 0.4) is 0 Å². The van der Waals surface area contributed by atoms with Crippen molar-refractivity contribution in [3.05, 3.63) is 12.2 Å². The van der Waals surface area contributed by atoms with E-state index in [0.717, 1.165) is 19.3 Å². The van der Waals surface area contributed by atoms with Crippen LogP contribution in [0, 0.1) is 5.92 Å². The van der Waals surface area contributed by atoms with E-state index in [1.54, 1.807) is 0 Å². The van der Waals surface area contributed by atoms with Crippen molar-refractivity contribution in [1.29, 1.82) is 0 Å². The highest BCUT2D eigenvalue weighted by atomic mass is 16.5. The lowest BCUT2D eigenvalue weighted by Crippen LogP contribution is -2.21. The van der Waals surface area contributed by atoms with Crippen LogP contribution in [0.5, 0.6) is 0 Å². The third kappa shape index (κ3) is 31.4. The molecule has 1 N–H and O–H groups in total. The number of hydrogen-bond donors (Lipinski definition) is 1. The number of aliphatic carboxylic acids is 1. The second kappa shape index (κ2) is 33.2. The predicted molar refractivity (Wildman–Crippen MR) is 176 cm³/mol. The molecule has 0 saturated heterocycles. The van der Waals surface area contributed by atoms with E-state index < -0.39 is 11.9 Å². The molecule has 0 aliphatic rings. The summed E-state index contributed by atoms with van der Waals surface area (Å²) in [5.41, 5.74) is 0. The maximum absolute atomic E-state index is 12.0. The molecule has 0 aromatic heterocycles. The Hall–Kier alpha value is -1.32. The van der Waals surface area contributed by atoms with Gasteiger partial charge in [0.05, 0.1) is 18.9 Å². The molecule has 0 rings (SSSR count). The molecule has 0 saturated carbocycles. The topological polar surface area (TPSA) is 63.6 Å². The highest BCUT2D eigenvalue weighted by Crippen LogP contribution is 2.18. The minimum Gasteiger partial charge on any atom is -0.481 e. The Morgan fingerprint density at radius 3 is 1.27 bits per heavy atom. The molecule has 0 heterocycles. The fourth-order valence-electron chi connectivity index (χ4n) is 5.59. The summed E-state index contributed by atoms with van der Waals surface area (Å²) in [6.45, 7) is 4.62. The molecule has 0 fully saturated rings. The molecular weight excluding hydrogens is 508 g/mol. The molecule has 0 aliphatic carbocycles. The van der Waals surface area contributed by atoms with Crippen LogP contribution in [-0.2, 0) is 14.3 Å². The van der Waals surface area contributed by atoms with Gasteiger partial charge in [0.2, 0.25) is 0 Å². The first-order chi connectivity index (χ1) is 20.1. The largest absolute Gasteiger partial charge is 0.481 e. The Morgan fingerprint density at radius 1 is 0.537 bits per heavy atom. The lowest BCUT2D eigenvalue weighted by Gasteiger charge is -2.13. The van der Waals surface area contributed by atoms with Crippen molar-refractivity contribution in [3.8, 4) is 0 Å². The fraction of sp³-hybridized carbons (Fsp3) is 0.892. The SMILES string of the molecule is CCCCCCCCCCCCCCCCC/C=C/CCCCCCCCCCCC(CC(=O)O)C(=O)OCCC. The van der Waals surface area contributed by atoms with E-state index in [2.05, 4.69) is 19.1 Å². The van der Waals surface area contributed by atoms with Gasteiger partial charge in [-0.2, -0.15) is 0 Å². The molecule has 1 atom stereocenters. The first kappa shape index (κ1) is 39.7. The summed E-state index contributed by atoms with van der Waals surface area (Å²) >= 11 is 0. The number of carbonyl (C=O) groups is 2. The molecule has 242 valence electrons. The molecule has 0 radical (unpaired) electrons. The average Bonchev–Trinajstić information content (AvgIpc) is 2.96. The number of rotatable bonds is 33. The monoisotopic (exact) mass is 579 g/mol. The Morgan fingerprint density at radius 2 is 0.902 bits per heavy atom. The van der Waals surface area contributed by atoms with Gasteiger partial charge in [-0.25, -0.2) is 0 Å². The van der Waals surface area contributed by atoms with Crippen LogP contribution < -0.4 is 0 Å². The summed E-state index contributed by atoms with van der Waals surface area (Å²) in [4.78, 5) is 23.1. The van der Waals surface area contributed by atoms with E-state index in [9.17, 15) is 9.59 Å². The zero-order valence-corrected chi connectivity index (χ0v) is 27.6. The van der Waals surface area contributed by atoms with Gasteiger partial charge in [-0.15, -0.1) is 0 Å². The van der Waals surface area contributed by atoms with Crippen LogP contribution in [0.4, 0.5) is 0 Å². The Labute approximate surface area is 255 Å². The van der Waals surface area contributed by atoms with E-state index in [1.807, 2.05) is 6.92 Å². The minimum absolute atomic E-state index is 0.114. The number of unbranched alkanes of at least 4 members (excludes halogenated alkanes) is 24. The molecule has 0 aromatic carbocycles. The van der Waals surface area contributed by atoms with E-state index in [4.69, 9.17) is 9.84 Å². The van der Waals surface area contributed by atoms with E-state index in [0.29, 0.717) is 13.0 Å². The van der Waals surface area contributed by atoms with Gasteiger partial charge in [-0.1, -0.05) is 167 Å². The molecule has 0 aliphatic heterocycles. The quantitative estimate of drug-likeness (QED) is 0.0478. The van der Waals surface area contributed by atoms with Crippen molar-refractivity contribution in [2.45, 2.75) is 200 Å². The molecule has 41 heavy (non-hydrogen) atoms. The van der Waals surface area contributed by atoms with Gasteiger partial charge < -0.3 is 9.84 Å². The lowest BCUT2D eigenvalue weighted by molar-refractivity contribution is -0.153. The molecule has 0 spiro atoms. The summed E-state index contributed by atoms with van der Waals surface area (Å²) in [6.07, 6.45) is 41.0. The molecule has 0 amide bonds. The van der Waals surface area contributed by atoms with Crippen molar-refractivity contribution in [2.24, 2.45) is 5.92 Å². The Bertz CT molecular complexity index is 585. The van der Waals surface area contributed by atoms with Crippen LogP contribution in [0.15, 0.2) is 12.2 Å². The summed E-state index contributed by atoms with van der Waals surface area (Å²) in [5, 5.41) is 9.05. The second-order valence-electron chi connectivity index (χ2n) is 12.4. The van der Waals surface area contributed by atoms with Crippen molar-refractivity contribution in [2.75, 3.05) is 6.61 Å². The van der Waals surface area contributed by atoms with Gasteiger partial charge >= 0.3 is 11.9 Å². The van der Waals surface area contributed by atoms with Crippen LogP contribution in [0.25, 0.3) is 0 Å². The van der Waals surface area contributed by atoms with Crippen LogP contribution in [-0.4, -0.2) is 23.7 Å². The summed E-state index contributed by atoms with van der Waals surface area (Å²) in [6, 6.07) is 0. The van der Waals surface area contributed by atoms with Crippen molar-refractivity contribution >= 4 is 11.9 Å². The van der Waals surface area contributed by atoms with Gasteiger partial charge in [-0.3, -0.25) is 9.59 Å². The third-order valence-corrected chi connectivity index (χ3v) is 8.27. The maximum atomic E-state index is 12.0. The van der Waals surface area contributed by atoms with Crippen molar-refractivity contribution < 1.29 is 19.4 Å². The Balaban J connectivity index is 3.34. The molecule has 4 heteroatoms. The summed E-state index contributed by atoms with van der Waals surface area (Å²) < 4.78 is 5.16. The van der Waals surface area contributed by atoms with Crippen LogP contribution in [0.1, 0.15) is 200 Å². The first-order valence-corrected chi connectivity index (χ1v) is 18.1. The van der Waals surface area contributed by atoms with Gasteiger partial charge in [0.25, 0.3) is 0 Å². The maximum Gasteiger partial charge on any atom is 0.309 e. The van der Waals surface area contributed by atoms with Gasteiger partial charge in [0.1, 0.15) is 0 Å². The number of carboxylic acid groups (broad SMARTS) is 1. The number of ether oxygens (including phenoxy) is 1. The van der Waals surface area contributed by atoms with Gasteiger partial charge in [0.15, 0.2) is 0 Å². The molecule has 0 aromatic rings. The zero-order valence-electron chi connectivity index (χ0n) is 27.6. The van der Waals surface area contributed by atoms with E-state index in [1.165, 1.54) is 154 Å². The van der Waals surface area contributed by atoms with E-state index >= 15 is 0 Å². The van der Waals surface area contributed by atoms with Crippen molar-refractivity contribution in [3.63, 3.8) is 0 Å².